The summed E-state index contributed by atoms with van der Waals surface area (Å²) >= 11 is 0. The summed E-state index contributed by atoms with van der Waals surface area (Å²) in [4.78, 5) is 0.846. The quantitative estimate of drug-likeness (QED) is 0.790. The van der Waals surface area contributed by atoms with Gasteiger partial charge in [-0.25, -0.2) is 12.9 Å². The van der Waals surface area contributed by atoms with Gasteiger partial charge < -0.3 is 5.73 Å². The maximum atomic E-state index is 13.8. The smallest absolute Gasteiger partial charge is 0.127 e. The molecule has 5 nitrogen and oxygen atoms in total. The number of benzene rings is 1. The van der Waals surface area contributed by atoms with Crippen molar-refractivity contribution in [3.63, 3.8) is 0 Å². The maximum Gasteiger partial charge on any atom is 0.127 e. The number of halogens is 1. The molecule has 3 rings (SSSR count). The van der Waals surface area contributed by atoms with Crippen LogP contribution >= 0.6 is 0 Å². The Labute approximate surface area is 162 Å². The molecule has 1 atom stereocenters. The van der Waals surface area contributed by atoms with E-state index in [4.69, 9.17) is 5.73 Å². The van der Waals surface area contributed by atoms with Crippen LogP contribution < -0.4 is 5.73 Å². The monoisotopic (exact) mass is 390 g/mol. The highest BCUT2D eigenvalue weighted by Crippen LogP contribution is 2.21. The average Bonchev–Trinajstić information content (AvgIpc) is 3.27. The molecule has 1 aromatic carbocycles. The first-order valence-electron chi connectivity index (χ1n) is 9.33. The van der Waals surface area contributed by atoms with E-state index in [0.717, 1.165) is 59.8 Å². The van der Waals surface area contributed by atoms with Gasteiger partial charge >= 0.3 is 0 Å². The summed E-state index contributed by atoms with van der Waals surface area (Å²) in [5.74, 6) is -0.275. The lowest BCUT2D eigenvalue weighted by Crippen LogP contribution is -2.21. The van der Waals surface area contributed by atoms with Crippen LogP contribution in [0.5, 0.6) is 0 Å². The van der Waals surface area contributed by atoms with Gasteiger partial charge in [0.05, 0.1) is 17.1 Å². The van der Waals surface area contributed by atoms with E-state index < -0.39 is 11.0 Å². The minimum absolute atomic E-state index is 0.109. The summed E-state index contributed by atoms with van der Waals surface area (Å²) in [6.07, 6.45) is 4.33. The van der Waals surface area contributed by atoms with E-state index >= 15 is 0 Å². The fourth-order valence-electron chi connectivity index (χ4n) is 3.41. The Morgan fingerprint density at radius 1 is 1.26 bits per heavy atom. The summed E-state index contributed by atoms with van der Waals surface area (Å²) in [5.41, 5.74) is 9.44. The van der Waals surface area contributed by atoms with E-state index in [1.54, 1.807) is 4.68 Å². The zero-order valence-corrected chi connectivity index (χ0v) is 16.8. The Balaban J connectivity index is 1.72. The molecule has 146 valence electrons. The highest BCUT2D eigenvalue weighted by molar-refractivity contribution is 7.82. The third-order valence-corrected chi connectivity index (χ3v) is 6.49. The summed E-state index contributed by atoms with van der Waals surface area (Å²) in [6, 6.07) is 7.94. The number of nitrogens with two attached hydrogens (primary N) is 1. The van der Waals surface area contributed by atoms with Crippen molar-refractivity contribution in [2.24, 2.45) is 5.73 Å². The molecule has 27 heavy (non-hydrogen) atoms. The van der Waals surface area contributed by atoms with Crippen LogP contribution in [0.15, 0.2) is 41.1 Å². The molecule has 1 aliphatic rings. The van der Waals surface area contributed by atoms with Gasteiger partial charge in [-0.15, -0.1) is 0 Å². The summed E-state index contributed by atoms with van der Waals surface area (Å²) in [6.45, 7) is 6.00. The maximum absolute atomic E-state index is 13.8. The van der Waals surface area contributed by atoms with Gasteiger partial charge in [-0.3, -0.25) is 4.68 Å². The van der Waals surface area contributed by atoms with Crippen molar-refractivity contribution in [2.45, 2.75) is 44.6 Å². The SMILES string of the molecule is Cc1nn(C/C(F)=C/CN)c(C)c1Cc1ccc(S(=O)N2CCCC2)cc1. The standard InChI is InChI=1S/C20H27FN4OS/c1-15-20(16(2)25(23-15)14-18(21)9-10-22)13-17-5-7-19(8-6-17)27(26)24-11-3-4-12-24/h5-9H,3-4,10-14,22H2,1-2H3/b18-9-. The van der Waals surface area contributed by atoms with Crippen LogP contribution in [0.3, 0.4) is 0 Å². The Kier molecular flexibility index (Phi) is 6.57. The number of allylic oxidation sites excluding steroid dienone is 1. The van der Waals surface area contributed by atoms with Crippen LogP contribution in [-0.2, 0) is 24.0 Å². The molecule has 0 bridgehead atoms. The van der Waals surface area contributed by atoms with Crippen molar-refractivity contribution in [3.8, 4) is 0 Å². The summed E-state index contributed by atoms with van der Waals surface area (Å²) in [7, 11) is -1.07. The first-order chi connectivity index (χ1) is 13.0. The molecule has 1 saturated heterocycles. The lowest BCUT2D eigenvalue weighted by molar-refractivity contribution is 0.517. The van der Waals surface area contributed by atoms with Crippen molar-refractivity contribution < 1.29 is 8.60 Å². The average molecular weight is 391 g/mol. The number of aromatic nitrogens is 2. The number of nitrogens with zero attached hydrogens (tertiary/aromatic N) is 3. The molecule has 1 aliphatic heterocycles. The molecule has 2 N–H and O–H groups in total. The third-order valence-electron chi connectivity index (χ3n) is 4.98. The molecule has 0 spiro atoms. The molecular weight excluding hydrogens is 363 g/mol. The van der Waals surface area contributed by atoms with Gasteiger partial charge in [-0.2, -0.15) is 5.10 Å². The molecule has 0 amide bonds. The van der Waals surface area contributed by atoms with Crippen molar-refractivity contribution >= 4 is 11.0 Å². The van der Waals surface area contributed by atoms with E-state index in [9.17, 15) is 8.60 Å². The fourth-order valence-corrected chi connectivity index (χ4v) is 4.67. The predicted molar refractivity (Wildman–Crippen MR) is 106 cm³/mol. The molecule has 2 aromatic rings. The Morgan fingerprint density at radius 3 is 2.56 bits per heavy atom. The van der Waals surface area contributed by atoms with Crippen LogP contribution in [-0.4, -0.2) is 37.9 Å². The second-order valence-corrected chi connectivity index (χ2v) is 8.39. The first-order valence-corrected chi connectivity index (χ1v) is 10.4. The van der Waals surface area contributed by atoms with Crippen LogP contribution in [0.25, 0.3) is 0 Å². The molecule has 0 saturated carbocycles. The van der Waals surface area contributed by atoms with Gasteiger partial charge in [0.1, 0.15) is 16.8 Å². The molecule has 0 aliphatic carbocycles. The molecular formula is C20H27FN4OS. The second kappa shape index (κ2) is 8.91. The molecule has 1 fully saturated rings. The van der Waals surface area contributed by atoms with Gasteiger partial charge in [0.2, 0.25) is 0 Å². The Morgan fingerprint density at radius 2 is 1.93 bits per heavy atom. The topological polar surface area (TPSA) is 64.2 Å². The molecule has 2 heterocycles. The third kappa shape index (κ3) is 4.72. The van der Waals surface area contributed by atoms with Gasteiger partial charge in [0, 0.05) is 37.3 Å². The van der Waals surface area contributed by atoms with Crippen LogP contribution in [0.2, 0.25) is 0 Å². The van der Waals surface area contributed by atoms with E-state index in [-0.39, 0.29) is 18.9 Å². The number of rotatable bonds is 7. The van der Waals surface area contributed by atoms with Gasteiger partial charge in [0.15, 0.2) is 0 Å². The molecule has 0 radical (unpaired) electrons. The van der Waals surface area contributed by atoms with Crippen LogP contribution in [0.4, 0.5) is 4.39 Å². The zero-order chi connectivity index (χ0) is 19.4. The van der Waals surface area contributed by atoms with Crippen molar-refractivity contribution in [3.05, 3.63) is 58.7 Å². The lowest BCUT2D eigenvalue weighted by atomic mass is 10.0. The normalized spacial score (nSPS) is 16.8. The van der Waals surface area contributed by atoms with Crippen molar-refractivity contribution in [1.29, 1.82) is 0 Å². The van der Waals surface area contributed by atoms with E-state index in [0.29, 0.717) is 0 Å². The Hall–Kier alpha value is -1.83. The number of hydrogen-bond acceptors (Lipinski definition) is 3. The summed E-state index contributed by atoms with van der Waals surface area (Å²) in [5, 5.41) is 4.47. The second-order valence-electron chi connectivity index (χ2n) is 6.90. The Bertz CT molecular complexity index is 838. The van der Waals surface area contributed by atoms with Gasteiger partial charge in [-0.05, 0) is 50.5 Å². The minimum atomic E-state index is -1.07. The highest BCUT2D eigenvalue weighted by Gasteiger charge is 2.19. The zero-order valence-electron chi connectivity index (χ0n) is 15.9. The molecule has 1 aromatic heterocycles. The lowest BCUT2D eigenvalue weighted by Gasteiger charge is -2.14. The van der Waals surface area contributed by atoms with Crippen molar-refractivity contribution in [2.75, 3.05) is 19.6 Å². The van der Waals surface area contributed by atoms with Gasteiger partial charge in [-0.1, -0.05) is 12.1 Å². The van der Waals surface area contributed by atoms with Crippen LogP contribution in [0, 0.1) is 13.8 Å². The van der Waals surface area contributed by atoms with Crippen LogP contribution in [0.1, 0.15) is 35.4 Å². The number of hydrogen-bond donors (Lipinski definition) is 1. The highest BCUT2D eigenvalue weighted by atomic mass is 32.2. The van der Waals surface area contributed by atoms with Gasteiger partial charge in [0.25, 0.3) is 0 Å². The predicted octanol–water partition coefficient (Wildman–Crippen LogP) is 3.02. The van der Waals surface area contributed by atoms with E-state index in [2.05, 4.69) is 5.10 Å². The fraction of sp³-hybridized carbons (Fsp3) is 0.450. The minimum Gasteiger partial charge on any atom is -0.327 e. The molecule has 7 heteroatoms. The summed E-state index contributed by atoms with van der Waals surface area (Å²) < 4.78 is 30.0. The first kappa shape index (κ1) is 19.9. The number of aryl methyl sites for hydroxylation is 1. The van der Waals surface area contributed by atoms with E-state index in [1.807, 2.05) is 42.4 Å². The molecule has 1 unspecified atom stereocenters. The van der Waals surface area contributed by atoms with Crippen molar-refractivity contribution in [1.82, 2.24) is 14.1 Å². The van der Waals surface area contributed by atoms with E-state index in [1.165, 1.54) is 6.08 Å². The largest absolute Gasteiger partial charge is 0.327 e.